The number of hydrogen-bond donors (Lipinski definition) is 3. The molecule has 0 radical (unpaired) electrons. The van der Waals surface area contributed by atoms with Gasteiger partial charge in [-0.05, 0) is 48.9 Å². The van der Waals surface area contributed by atoms with Gasteiger partial charge >= 0.3 is 0 Å². The van der Waals surface area contributed by atoms with Crippen molar-refractivity contribution in [3.63, 3.8) is 0 Å². The zero-order valence-electron chi connectivity index (χ0n) is 18.9. The van der Waals surface area contributed by atoms with E-state index in [0.29, 0.717) is 31.7 Å². The Bertz CT molecular complexity index is 903. The molecule has 1 aliphatic heterocycles. The Morgan fingerprint density at radius 2 is 2.06 bits per heavy atom. The molecule has 0 bridgehead atoms. The number of benzene rings is 1. The predicted octanol–water partition coefficient (Wildman–Crippen LogP) is 2.13. The third kappa shape index (κ3) is 6.61. The fraction of sp³-hybridized carbons (Fsp3) is 0.480. The van der Waals surface area contributed by atoms with E-state index in [4.69, 9.17) is 5.73 Å². The first kappa shape index (κ1) is 23.9. The lowest BCUT2D eigenvalue weighted by atomic mass is 10.0. The van der Waals surface area contributed by atoms with Crippen LogP contribution in [0.3, 0.4) is 0 Å². The Morgan fingerprint density at radius 1 is 1.25 bits per heavy atom. The Kier molecular flexibility index (Phi) is 8.36. The molecule has 1 aromatic carbocycles. The van der Waals surface area contributed by atoms with Crippen molar-refractivity contribution < 1.29 is 14.7 Å². The average molecular weight is 439 g/mol. The first-order valence-electron chi connectivity index (χ1n) is 11.4. The normalized spacial score (nSPS) is 20.0. The molecule has 3 rings (SSSR count). The van der Waals surface area contributed by atoms with E-state index >= 15 is 0 Å². The monoisotopic (exact) mass is 438 g/mol. The molecule has 7 heteroatoms. The molecule has 1 aliphatic rings. The fourth-order valence-electron chi connectivity index (χ4n) is 4.10. The van der Waals surface area contributed by atoms with Gasteiger partial charge in [-0.15, -0.1) is 0 Å². The van der Waals surface area contributed by atoms with Crippen molar-refractivity contribution in [1.82, 2.24) is 15.2 Å². The second-order valence-corrected chi connectivity index (χ2v) is 8.99. The van der Waals surface area contributed by atoms with Crippen molar-refractivity contribution in [2.24, 2.45) is 11.7 Å². The molecule has 7 nitrogen and oxygen atoms in total. The summed E-state index contributed by atoms with van der Waals surface area (Å²) in [5.74, 6) is 0.0404. The van der Waals surface area contributed by atoms with E-state index in [2.05, 4.69) is 10.3 Å². The lowest BCUT2D eigenvalue weighted by molar-refractivity contribution is -0.131. The number of β-amino-alcohol motifs (C(OH)–C–C–N with tert-alkyl or cyclic N) is 1. The number of amides is 2. The number of nitrogens with zero attached hydrogens (tertiary/aromatic N) is 2. The van der Waals surface area contributed by atoms with Gasteiger partial charge in [-0.3, -0.25) is 14.6 Å². The maximum absolute atomic E-state index is 13.0. The van der Waals surface area contributed by atoms with E-state index in [-0.39, 0.29) is 24.8 Å². The second-order valence-electron chi connectivity index (χ2n) is 8.99. The smallest absolute Gasteiger partial charge is 0.237 e. The summed E-state index contributed by atoms with van der Waals surface area (Å²) >= 11 is 0. The Balaban J connectivity index is 1.59. The minimum Gasteiger partial charge on any atom is -0.389 e. The summed E-state index contributed by atoms with van der Waals surface area (Å²) in [6.45, 7) is 4.79. The number of likely N-dealkylation sites (tertiary alicyclic amines) is 1. The third-order valence-corrected chi connectivity index (χ3v) is 5.80. The standard InChI is InChI=1S/C25H34N4O3/c1-17(2)13-20(26)25(32)28-22-10-6-12-29(16-23(22)30)24(31)15-18-7-5-8-19(14-18)21-9-3-4-11-27-21/h3-5,7-9,11,14,17,20,22-23,30H,6,10,12-13,15-16,26H2,1-2H3,(H,28,32)/t20-,22?,23?/m0/s1. The summed E-state index contributed by atoms with van der Waals surface area (Å²) in [6.07, 6.45) is 3.09. The third-order valence-electron chi connectivity index (χ3n) is 5.80. The van der Waals surface area contributed by atoms with Crippen molar-refractivity contribution in [2.75, 3.05) is 13.1 Å². The van der Waals surface area contributed by atoms with E-state index in [0.717, 1.165) is 16.8 Å². The largest absolute Gasteiger partial charge is 0.389 e. The van der Waals surface area contributed by atoms with Crippen LogP contribution in [0.5, 0.6) is 0 Å². The molecule has 3 atom stereocenters. The van der Waals surface area contributed by atoms with E-state index in [1.54, 1.807) is 11.1 Å². The van der Waals surface area contributed by atoms with Gasteiger partial charge in [-0.1, -0.05) is 38.1 Å². The summed E-state index contributed by atoms with van der Waals surface area (Å²) in [5.41, 5.74) is 8.70. The van der Waals surface area contributed by atoms with Crippen LogP contribution < -0.4 is 11.1 Å². The van der Waals surface area contributed by atoms with Gasteiger partial charge in [-0.25, -0.2) is 0 Å². The zero-order valence-corrected chi connectivity index (χ0v) is 18.9. The summed E-state index contributed by atoms with van der Waals surface area (Å²) in [5, 5.41) is 13.6. The second kappa shape index (κ2) is 11.2. The maximum Gasteiger partial charge on any atom is 0.237 e. The topological polar surface area (TPSA) is 109 Å². The molecule has 172 valence electrons. The number of hydrogen-bond acceptors (Lipinski definition) is 5. The van der Waals surface area contributed by atoms with Gasteiger partial charge in [0, 0.05) is 24.8 Å². The molecule has 0 spiro atoms. The van der Waals surface area contributed by atoms with E-state index in [9.17, 15) is 14.7 Å². The van der Waals surface area contributed by atoms with Crippen molar-refractivity contribution in [2.45, 2.75) is 57.7 Å². The van der Waals surface area contributed by atoms with Crippen molar-refractivity contribution in [3.8, 4) is 11.3 Å². The first-order valence-corrected chi connectivity index (χ1v) is 11.4. The average Bonchev–Trinajstić information content (AvgIpc) is 2.95. The molecular weight excluding hydrogens is 404 g/mol. The quantitative estimate of drug-likeness (QED) is 0.614. The maximum atomic E-state index is 13.0. The Labute approximate surface area is 190 Å². The van der Waals surface area contributed by atoms with Crippen LogP contribution >= 0.6 is 0 Å². The number of aromatic nitrogens is 1. The SMILES string of the molecule is CC(C)C[C@H](N)C(=O)NC1CCCN(C(=O)Cc2cccc(-c3ccccn3)c2)CC1O. The van der Waals surface area contributed by atoms with E-state index in [1.807, 2.05) is 56.3 Å². The minimum atomic E-state index is -0.823. The van der Waals surface area contributed by atoms with Gasteiger partial charge in [0.15, 0.2) is 0 Å². The minimum absolute atomic E-state index is 0.0364. The Morgan fingerprint density at radius 3 is 2.78 bits per heavy atom. The van der Waals surface area contributed by atoms with Crippen LogP contribution in [-0.2, 0) is 16.0 Å². The van der Waals surface area contributed by atoms with Crippen LogP contribution in [0.25, 0.3) is 11.3 Å². The van der Waals surface area contributed by atoms with Crippen LogP contribution in [0.1, 0.15) is 38.7 Å². The lowest BCUT2D eigenvalue weighted by Gasteiger charge is -2.26. The van der Waals surface area contributed by atoms with Crippen LogP contribution in [0.15, 0.2) is 48.7 Å². The highest BCUT2D eigenvalue weighted by Gasteiger charge is 2.30. The number of aliphatic hydroxyl groups is 1. The molecular formula is C25H34N4O3. The highest BCUT2D eigenvalue weighted by Crippen LogP contribution is 2.19. The van der Waals surface area contributed by atoms with Gasteiger partial charge in [0.25, 0.3) is 0 Å². The van der Waals surface area contributed by atoms with Crippen LogP contribution in [-0.4, -0.2) is 58.1 Å². The number of nitrogens with two attached hydrogens (primary N) is 1. The molecule has 0 saturated carbocycles. The van der Waals surface area contributed by atoms with Crippen LogP contribution in [0, 0.1) is 5.92 Å². The molecule has 2 amide bonds. The van der Waals surface area contributed by atoms with Crippen LogP contribution in [0.4, 0.5) is 0 Å². The number of aliphatic hydroxyl groups excluding tert-OH is 1. The van der Waals surface area contributed by atoms with Crippen molar-refractivity contribution >= 4 is 11.8 Å². The summed E-state index contributed by atoms with van der Waals surface area (Å²) < 4.78 is 0. The molecule has 1 saturated heterocycles. The molecule has 1 fully saturated rings. The van der Waals surface area contributed by atoms with Gasteiger partial charge in [0.05, 0.1) is 30.3 Å². The number of nitrogens with one attached hydrogen (secondary N) is 1. The highest BCUT2D eigenvalue weighted by molar-refractivity contribution is 5.82. The van der Waals surface area contributed by atoms with E-state index < -0.39 is 18.2 Å². The molecule has 0 aliphatic carbocycles. The fourth-order valence-corrected chi connectivity index (χ4v) is 4.10. The van der Waals surface area contributed by atoms with Crippen molar-refractivity contribution in [1.29, 1.82) is 0 Å². The summed E-state index contributed by atoms with van der Waals surface area (Å²) in [6, 6.07) is 12.6. The first-order chi connectivity index (χ1) is 15.3. The highest BCUT2D eigenvalue weighted by atomic mass is 16.3. The number of carbonyl (C=O) groups excluding carboxylic acids is 2. The summed E-state index contributed by atoms with van der Waals surface area (Å²) in [7, 11) is 0. The zero-order chi connectivity index (χ0) is 23.1. The van der Waals surface area contributed by atoms with Gasteiger partial charge in [0.2, 0.25) is 11.8 Å². The van der Waals surface area contributed by atoms with Gasteiger partial charge in [-0.2, -0.15) is 0 Å². The molecule has 2 heterocycles. The molecule has 2 aromatic rings. The van der Waals surface area contributed by atoms with E-state index in [1.165, 1.54) is 0 Å². The predicted molar refractivity (Wildman–Crippen MR) is 125 cm³/mol. The molecule has 32 heavy (non-hydrogen) atoms. The lowest BCUT2D eigenvalue weighted by Crippen LogP contribution is -2.51. The van der Waals surface area contributed by atoms with Gasteiger partial charge in [0.1, 0.15) is 0 Å². The summed E-state index contributed by atoms with van der Waals surface area (Å²) in [4.78, 5) is 31.4. The Hall–Kier alpha value is -2.77. The van der Waals surface area contributed by atoms with Crippen LogP contribution in [0.2, 0.25) is 0 Å². The number of rotatable bonds is 7. The number of carbonyl (C=O) groups is 2. The van der Waals surface area contributed by atoms with Gasteiger partial charge < -0.3 is 21.1 Å². The molecule has 1 aromatic heterocycles. The molecule has 2 unspecified atom stereocenters. The van der Waals surface area contributed by atoms with Crippen molar-refractivity contribution in [3.05, 3.63) is 54.2 Å². The number of pyridine rings is 1. The molecule has 4 N–H and O–H groups in total.